The molecule has 0 radical (unpaired) electrons. The van der Waals surface area contributed by atoms with E-state index in [4.69, 9.17) is 71.5 Å². The first kappa shape index (κ1) is 43.1. The SMILES string of the molecule is CC(=O)O.CC(=O)O.CC(=O)O.CC(=O)O.NCCN.O=C(O)CNC(CO)(CO)CO. The van der Waals surface area contributed by atoms with Crippen LogP contribution in [-0.4, -0.2) is 116 Å². The fraction of sp³-hybridized carbons (Fsp3) is 0.688. The lowest BCUT2D eigenvalue weighted by atomic mass is 10.0. The summed E-state index contributed by atoms with van der Waals surface area (Å²) in [6, 6.07) is 0. The van der Waals surface area contributed by atoms with E-state index >= 15 is 0 Å². The Morgan fingerprint density at radius 2 is 0.812 bits per heavy atom. The molecule has 13 N–H and O–H groups in total. The van der Waals surface area contributed by atoms with Gasteiger partial charge in [0.15, 0.2) is 0 Å². The first-order valence-electron chi connectivity index (χ1n) is 8.42. The van der Waals surface area contributed by atoms with Crippen molar-refractivity contribution in [1.82, 2.24) is 5.32 Å². The van der Waals surface area contributed by atoms with Crippen LogP contribution in [0.1, 0.15) is 27.7 Å². The molecule has 0 rings (SSSR count). The third kappa shape index (κ3) is 108. The molecule has 0 fully saturated rings. The molecule has 0 spiro atoms. The van der Waals surface area contributed by atoms with Crippen LogP contribution in [0.2, 0.25) is 0 Å². The molecule has 0 aliphatic carbocycles. The summed E-state index contributed by atoms with van der Waals surface area (Å²) >= 11 is 0. The average molecular weight is 479 g/mol. The largest absolute Gasteiger partial charge is 0.481 e. The molecule has 16 nitrogen and oxygen atoms in total. The van der Waals surface area contributed by atoms with E-state index < -0.39 is 61.8 Å². The van der Waals surface area contributed by atoms with Gasteiger partial charge in [-0.1, -0.05) is 0 Å². The predicted molar refractivity (Wildman–Crippen MR) is 111 cm³/mol. The van der Waals surface area contributed by atoms with Gasteiger partial charge >= 0.3 is 5.97 Å². The summed E-state index contributed by atoms with van der Waals surface area (Å²) < 4.78 is 0. The fourth-order valence-corrected chi connectivity index (χ4v) is 0.581. The lowest BCUT2D eigenvalue weighted by molar-refractivity contribution is -0.137. The van der Waals surface area contributed by atoms with Crippen LogP contribution in [0.5, 0.6) is 0 Å². The Bertz CT molecular complexity index is 410. The number of carboxylic acids is 5. The standard InChI is InChI=1S/C6H13NO5.C2H8N2.4C2H4O2/c8-2-6(3-9,4-10)7-1-5(11)12;3-1-2-4;4*1-2(3)4/h7-10H,1-4H2,(H,11,12);1-4H2;4*1H3,(H,3,4). The highest BCUT2D eigenvalue weighted by Crippen LogP contribution is 2.00. The van der Waals surface area contributed by atoms with Crippen LogP contribution in [-0.2, 0) is 24.0 Å². The molecular weight excluding hydrogens is 442 g/mol. The maximum absolute atomic E-state index is 10.1. The van der Waals surface area contributed by atoms with Gasteiger partial charge in [0.1, 0.15) is 0 Å². The number of hydrogen-bond donors (Lipinski definition) is 11. The lowest BCUT2D eigenvalue weighted by Gasteiger charge is -2.27. The Kier molecular flexibility index (Phi) is 44.1. The maximum atomic E-state index is 10.1. The lowest BCUT2D eigenvalue weighted by Crippen LogP contribution is -2.56. The van der Waals surface area contributed by atoms with Crippen molar-refractivity contribution < 1.29 is 64.8 Å². The number of aliphatic carboxylic acids is 5. The summed E-state index contributed by atoms with van der Waals surface area (Å²) in [4.78, 5) is 46.1. The maximum Gasteiger partial charge on any atom is 0.317 e. The smallest absolute Gasteiger partial charge is 0.317 e. The molecule has 0 aromatic heterocycles. The van der Waals surface area contributed by atoms with Crippen LogP contribution in [0.15, 0.2) is 0 Å². The van der Waals surface area contributed by atoms with Crippen molar-refractivity contribution in [1.29, 1.82) is 0 Å². The Morgan fingerprint density at radius 1 is 0.625 bits per heavy atom. The third-order valence-electron chi connectivity index (χ3n) is 1.69. The molecule has 0 amide bonds. The zero-order chi connectivity index (χ0) is 27.3. The van der Waals surface area contributed by atoms with Gasteiger partial charge in [-0.15, -0.1) is 0 Å². The monoisotopic (exact) mass is 479 g/mol. The van der Waals surface area contributed by atoms with E-state index in [2.05, 4.69) is 5.32 Å². The van der Waals surface area contributed by atoms with Crippen LogP contribution < -0.4 is 16.8 Å². The number of carbonyl (C=O) groups is 5. The van der Waals surface area contributed by atoms with E-state index in [0.717, 1.165) is 27.7 Å². The van der Waals surface area contributed by atoms with Crippen molar-refractivity contribution in [2.75, 3.05) is 39.5 Å². The second-order valence-corrected chi connectivity index (χ2v) is 5.16. The van der Waals surface area contributed by atoms with Crippen molar-refractivity contribution in [3.05, 3.63) is 0 Å². The number of nitrogens with one attached hydrogen (secondary N) is 1. The first-order valence-corrected chi connectivity index (χ1v) is 8.42. The van der Waals surface area contributed by atoms with Crippen molar-refractivity contribution in [3.8, 4) is 0 Å². The van der Waals surface area contributed by atoms with Crippen molar-refractivity contribution in [2.24, 2.45) is 11.5 Å². The molecule has 0 heterocycles. The van der Waals surface area contributed by atoms with Gasteiger partial charge in [0.05, 0.1) is 31.9 Å². The van der Waals surface area contributed by atoms with Crippen molar-refractivity contribution in [3.63, 3.8) is 0 Å². The molecule has 0 bridgehead atoms. The van der Waals surface area contributed by atoms with Crippen LogP contribution >= 0.6 is 0 Å². The third-order valence-corrected chi connectivity index (χ3v) is 1.69. The fourth-order valence-electron chi connectivity index (χ4n) is 0.581. The van der Waals surface area contributed by atoms with Gasteiger partial charge in [-0.25, -0.2) is 0 Å². The Hall–Kier alpha value is -2.89. The molecule has 194 valence electrons. The van der Waals surface area contributed by atoms with Crippen LogP contribution in [0, 0.1) is 0 Å². The Balaban J connectivity index is -0.0000000706. The van der Waals surface area contributed by atoms with Crippen molar-refractivity contribution >= 4 is 29.8 Å². The van der Waals surface area contributed by atoms with Crippen LogP contribution in [0.4, 0.5) is 0 Å². The number of rotatable bonds is 7. The number of hydrogen-bond acceptors (Lipinski definition) is 11. The van der Waals surface area contributed by atoms with Crippen LogP contribution in [0.3, 0.4) is 0 Å². The van der Waals surface area contributed by atoms with Gasteiger partial charge in [0.25, 0.3) is 23.9 Å². The van der Waals surface area contributed by atoms with Gasteiger partial charge < -0.3 is 52.3 Å². The van der Waals surface area contributed by atoms with Gasteiger partial charge in [0.2, 0.25) is 0 Å². The Labute approximate surface area is 185 Å². The molecule has 0 aliphatic rings. The highest BCUT2D eigenvalue weighted by Gasteiger charge is 2.27. The summed E-state index contributed by atoms with van der Waals surface area (Å²) in [6.45, 7) is 3.55. The van der Waals surface area contributed by atoms with E-state index in [9.17, 15) is 4.79 Å². The molecule has 16 heteroatoms. The molecule has 0 aromatic carbocycles. The predicted octanol–water partition coefficient (Wildman–Crippen LogP) is -3.36. The van der Waals surface area contributed by atoms with Gasteiger partial charge in [-0.05, 0) is 0 Å². The highest BCUT2D eigenvalue weighted by molar-refractivity contribution is 5.69. The average Bonchev–Trinajstić information content (AvgIpc) is 2.61. The van der Waals surface area contributed by atoms with Crippen LogP contribution in [0.25, 0.3) is 0 Å². The molecular formula is C16H37N3O13. The number of aliphatic hydroxyl groups excluding tert-OH is 3. The zero-order valence-electron chi connectivity index (χ0n) is 18.5. The van der Waals surface area contributed by atoms with E-state index in [1.165, 1.54) is 0 Å². The summed E-state index contributed by atoms with van der Waals surface area (Å²) in [5.74, 6) is -4.45. The van der Waals surface area contributed by atoms with E-state index in [1.54, 1.807) is 0 Å². The van der Waals surface area contributed by atoms with E-state index in [-0.39, 0.29) is 0 Å². The topological polar surface area (TPSA) is 311 Å². The second-order valence-electron chi connectivity index (χ2n) is 5.16. The molecule has 32 heavy (non-hydrogen) atoms. The minimum absolute atomic E-state index is 0.415. The second kappa shape index (κ2) is 32.8. The van der Waals surface area contributed by atoms with Gasteiger partial charge in [-0.3, -0.25) is 29.3 Å². The molecule has 0 atom stereocenters. The zero-order valence-corrected chi connectivity index (χ0v) is 18.5. The van der Waals surface area contributed by atoms with Crippen molar-refractivity contribution in [2.45, 2.75) is 33.2 Å². The molecule has 0 aromatic rings. The summed E-state index contributed by atoms with van der Waals surface area (Å²) in [5.41, 5.74) is 8.50. The number of aliphatic hydroxyl groups is 3. The van der Waals surface area contributed by atoms with Gasteiger partial charge in [0, 0.05) is 40.8 Å². The normalized spacial score (nSPS) is 8.41. The molecule has 0 saturated carbocycles. The van der Waals surface area contributed by atoms with E-state index in [1.807, 2.05) is 0 Å². The minimum atomic E-state index is -1.31. The molecule has 0 unspecified atom stereocenters. The summed E-state index contributed by atoms with van der Waals surface area (Å²) in [6.07, 6.45) is 0. The minimum Gasteiger partial charge on any atom is -0.481 e. The number of carboxylic acid groups (broad SMARTS) is 5. The van der Waals surface area contributed by atoms with Gasteiger partial charge in [-0.2, -0.15) is 0 Å². The molecule has 0 aliphatic heterocycles. The molecule has 0 saturated heterocycles. The summed E-state index contributed by atoms with van der Waals surface area (Å²) in [7, 11) is 0. The summed E-state index contributed by atoms with van der Waals surface area (Å²) in [5, 5.41) is 66.4. The quantitative estimate of drug-likeness (QED) is 0.170. The number of nitrogens with two attached hydrogens (primary N) is 2. The van der Waals surface area contributed by atoms with E-state index in [0.29, 0.717) is 13.1 Å². The first-order chi connectivity index (χ1) is 14.4. The Morgan fingerprint density at radius 3 is 0.906 bits per heavy atom. The highest BCUT2D eigenvalue weighted by atomic mass is 16.4.